The first-order chi connectivity index (χ1) is 14.7. The summed E-state index contributed by atoms with van der Waals surface area (Å²) >= 11 is 1.29. The average Bonchev–Trinajstić information content (AvgIpc) is 3.07. The van der Waals surface area contributed by atoms with E-state index in [1.54, 1.807) is 42.5 Å². The molecule has 1 atom stereocenters. The molecule has 1 heterocycles. The van der Waals surface area contributed by atoms with Gasteiger partial charge in [-0.2, -0.15) is 0 Å². The van der Waals surface area contributed by atoms with Gasteiger partial charge >= 0.3 is 18.0 Å². The number of ether oxygens (including phenoxy) is 1. The molecule has 1 fully saturated rings. The predicted molar refractivity (Wildman–Crippen MR) is 115 cm³/mol. The molecule has 5 N–H and O–H groups in total. The van der Waals surface area contributed by atoms with Gasteiger partial charge in [-0.25, -0.2) is 4.79 Å². The third-order valence-electron chi connectivity index (χ3n) is 4.64. The third kappa shape index (κ3) is 5.54. The zero-order chi connectivity index (χ0) is 22.5. The second kappa shape index (κ2) is 9.52. The Morgan fingerprint density at radius 1 is 1.10 bits per heavy atom. The van der Waals surface area contributed by atoms with E-state index in [-0.39, 0.29) is 18.7 Å². The first kappa shape index (κ1) is 22.2. The summed E-state index contributed by atoms with van der Waals surface area (Å²) in [5, 5.41) is 25.8. The minimum absolute atomic E-state index is 0.0676. The average molecular weight is 443 g/mol. The van der Waals surface area contributed by atoms with Crippen molar-refractivity contribution in [2.45, 2.75) is 23.8 Å². The molecular weight excluding hydrogens is 422 g/mol. The lowest BCUT2D eigenvalue weighted by Gasteiger charge is -2.15. The summed E-state index contributed by atoms with van der Waals surface area (Å²) in [6.45, 7) is 0.292. The molecule has 9 nitrogen and oxygen atoms in total. The Hall–Kier alpha value is -3.53. The Balaban J connectivity index is 1.72. The van der Waals surface area contributed by atoms with Gasteiger partial charge in [-0.05, 0) is 35.4 Å². The first-order valence-electron chi connectivity index (χ1n) is 9.34. The Labute approximate surface area is 182 Å². The van der Waals surface area contributed by atoms with E-state index < -0.39 is 24.1 Å². The molecule has 10 heteroatoms. The molecule has 0 radical (unpaired) electrons. The zero-order valence-electron chi connectivity index (χ0n) is 16.4. The molecule has 1 saturated heterocycles. The van der Waals surface area contributed by atoms with Gasteiger partial charge < -0.3 is 20.7 Å². The number of rotatable bonds is 9. The lowest BCUT2D eigenvalue weighted by atomic mass is 10.1. The standard InChI is InChI=1S/C21H21N3O6S/c22-20(23)12-4-6-15(7-5-12)24-10-16(30-21(24)29)11-31-19-13(8-17(25)26)2-1-3-14(19)9-18(27)28/h1-7,16H,8-11H2,(H3,22,23)(H,25,26)(H,27,28). The number of nitrogens with one attached hydrogen (secondary N) is 1. The van der Waals surface area contributed by atoms with E-state index in [1.807, 2.05) is 0 Å². The Morgan fingerprint density at radius 2 is 1.68 bits per heavy atom. The quantitative estimate of drug-likeness (QED) is 0.262. The van der Waals surface area contributed by atoms with Crippen LogP contribution in [0.25, 0.3) is 0 Å². The minimum Gasteiger partial charge on any atom is -0.481 e. The summed E-state index contributed by atoms with van der Waals surface area (Å²) in [6, 6.07) is 11.6. The number of amides is 1. The Bertz CT molecular complexity index is 990. The molecule has 1 aliphatic rings. The summed E-state index contributed by atoms with van der Waals surface area (Å²) in [6.07, 6.45) is -1.42. The number of carbonyl (C=O) groups excluding carboxylic acids is 1. The van der Waals surface area contributed by atoms with E-state index in [9.17, 15) is 24.6 Å². The number of amidine groups is 1. The normalized spacial score (nSPS) is 15.5. The van der Waals surface area contributed by atoms with Crippen LogP contribution in [-0.2, 0) is 27.2 Å². The Morgan fingerprint density at radius 3 is 2.19 bits per heavy atom. The highest BCUT2D eigenvalue weighted by atomic mass is 32.2. The van der Waals surface area contributed by atoms with Gasteiger partial charge in [0, 0.05) is 21.9 Å². The lowest BCUT2D eigenvalue weighted by molar-refractivity contribution is -0.137. The number of aliphatic carboxylic acids is 2. The van der Waals surface area contributed by atoms with Crippen molar-refractivity contribution in [2.24, 2.45) is 5.73 Å². The number of nitrogen functional groups attached to an aromatic ring is 1. The number of nitrogens with zero attached hydrogens (tertiary/aromatic N) is 1. The van der Waals surface area contributed by atoms with Crippen molar-refractivity contribution < 1.29 is 29.3 Å². The maximum absolute atomic E-state index is 12.3. The van der Waals surface area contributed by atoms with Gasteiger partial charge in [0.2, 0.25) is 0 Å². The van der Waals surface area contributed by atoms with Gasteiger partial charge in [0.05, 0.1) is 19.4 Å². The number of carbonyl (C=O) groups is 3. The second-order valence-electron chi connectivity index (χ2n) is 6.93. The van der Waals surface area contributed by atoms with Gasteiger partial charge in [-0.3, -0.25) is 19.9 Å². The van der Waals surface area contributed by atoms with Crippen molar-refractivity contribution in [2.75, 3.05) is 17.2 Å². The van der Waals surface area contributed by atoms with Gasteiger partial charge in [0.1, 0.15) is 11.9 Å². The van der Waals surface area contributed by atoms with Crippen LogP contribution in [0.1, 0.15) is 16.7 Å². The molecule has 0 aromatic heterocycles. The number of carboxylic acids is 2. The van der Waals surface area contributed by atoms with E-state index in [4.69, 9.17) is 15.9 Å². The van der Waals surface area contributed by atoms with Crippen molar-refractivity contribution >= 4 is 41.3 Å². The molecule has 162 valence electrons. The zero-order valence-corrected chi connectivity index (χ0v) is 17.2. The van der Waals surface area contributed by atoms with Crippen LogP contribution in [0, 0.1) is 5.41 Å². The van der Waals surface area contributed by atoms with Crippen molar-refractivity contribution in [3.63, 3.8) is 0 Å². The number of anilines is 1. The van der Waals surface area contributed by atoms with Gasteiger partial charge in [0.15, 0.2) is 0 Å². The van der Waals surface area contributed by atoms with Crippen LogP contribution in [0.5, 0.6) is 0 Å². The Kier molecular flexibility index (Phi) is 6.81. The van der Waals surface area contributed by atoms with Gasteiger partial charge in [0.25, 0.3) is 0 Å². The lowest BCUT2D eigenvalue weighted by Crippen LogP contribution is -2.25. The van der Waals surface area contributed by atoms with Crippen LogP contribution < -0.4 is 10.6 Å². The molecule has 0 spiro atoms. The highest BCUT2D eigenvalue weighted by Gasteiger charge is 2.32. The van der Waals surface area contributed by atoms with E-state index in [2.05, 4.69) is 0 Å². The van der Waals surface area contributed by atoms with E-state index in [0.717, 1.165) is 0 Å². The van der Waals surface area contributed by atoms with Crippen molar-refractivity contribution in [3.05, 3.63) is 59.2 Å². The maximum Gasteiger partial charge on any atom is 0.414 e. The van der Waals surface area contributed by atoms with Crippen molar-refractivity contribution in [3.8, 4) is 0 Å². The van der Waals surface area contributed by atoms with Gasteiger partial charge in [-0.1, -0.05) is 18.2 Å². The summed E-state index contributed by atoms with van der Waals surface area (Å²) < 4.78 is 5.44. The molecule has 1 unspecified atom stereocenters. The molecule has 1 aliphatic heterocycles. The monoisotopic (exact) mass is 443 g/mol. The van der Waals surface area contributed by atoms with Gasteiger partial charge in [-0.15, -0.1) is 11.8 Å². The summed E-state index contributed by atoms with van der Waals surface area (Å²) in [4.78, 5) is 36.8. The summed E-state index contributed by atoms with van der Waals surface area (Å²) in [5.74, 6) is -1.75. The topological polar surface area (TPSA) is 154 Å². The third-order valence-corrected chi connectivity index (χ3v) is 5.99. The van der Waals surface area contributed by atoms with Crippen molar-refractivity contribution in [1.82, 2.24) is 0 Å². The number of cyclic esters (lactones) is 1. The summed E-state index contributed by atoms with van der Waals surface area (Å²) in [5.41, 5.74) is 7.66. The highest BCUT2D eigenvalue weighted by molar-refractivity contribution is 7.99. The number of hydrogen-bond donors (Lipinski definition) is 4. The molecule has 3 rings (SSSR count). The van der Waals surface area contributed by atoms with Crippen LogP contribution in [-0.4, -0.2) is 52.5 Å². The highest BCUT2D eigenvalue weighted by Crippen LogP contribution is 2.31. The number of hydrogen-bond acceptors (Lipinski definition) is 6. The number of benzene rings is 2. The summed E-state index contributed by atoms with van der Waals surface area (Å²) in [7, 11) is 0. The maximum atomic E-state index is 12.3. The smallest absolute Gasteiger partial charge is 0.414 e. The molecule has 2 aromatic rings. The molecule has 31 heavy (non-hydrogen) atoms. The first-order valence-corrected chi connectivity index (χ1v) is 10.3. The number of nitrogens with two attached hydrogens (primary N) is 1. The SMILES string of the molecule is N=C(N)c1ccc(N2CC(CSc3c(CC(=O)O)cccc3CC(=O)O)OC2=O)cc1. The van der Waals surface area contributed by atoms with E-state index >= 15 is 0 Å². The van der Waals surface area contributed by atoms with E-state index in [0.29, 0.717) is 39.6 Å². The molecule has 2 aromatic carbocycles. The van der Waals surface area contributed by atoms with Crippen molar-refractivity contribution in [1.29, 1.82) is 5.41 Å². The number of thioether (sulfide) groups is 1. The fourth-order valence-electron chi connectivity index (χ4n) is 3.24. The fourth-order valence-corrected chi connectivity index (χ4v) is 4.42. The van der Waals surface area contributed by atoms with Crippen LogP contribution >= 0.6 is 11.8 Å². The van der Waals surface area contributed by atoms with Crippen LogP contribution in [0.4, 0.5) is 10.5 Å². The van der Waals surface area contributed by atoms with Crippen LogP contribution in [0.3, 0.4) is 0 Å². The van der Waals surface area contributed by atoms with Crippen LogP contribution in [0.15, 0.2) is 47.4 Å². The largest absolute Gasteiger partial charge is 0.481 e. The molecule has 1 amide bonds. The second-order valence-corrected chi connectivity index (χ2v) is 7.96. The van der Waals surface area contributed by atoms with Crippen LogP contribution in [0.2, 0.25) is 0 Å². The molecule has 0 bridgehead atoms. The number of carboxylic acid groups (broad SMARTS) is 2. The predicted octanol–water partition coefficient (Wildman–Crippen LogP) is 2.34. The fraction of sp³-hybridized carbons (Fsp3) is 0.238. The molecular formula is C21H21N3O6S. The molecule has 0 saturated carbocycles. The molecule has 0 aliphatic carbocycles. The minimum atomic E-state index is -1.01. The van der Waals surface area contributed by atoms with E-state index in [1.165, 1.54) is 16.7 Å².